The van der Waals surface area contributed by atoms with Crippen molar-refractivity contribution in [2.45, 2.75) is 17.7 Å². The highest BCUT2D eigenvalue weighted by atomic mass is 32.2. The van der Waals surface area contributed by atoms with Gasteiger partial charge in [0.2, 0.25) is 10.0 Å². The lowest BCUT2D eigenvalue weighted by Gasteiger charge is -2.14. The highest BCUT2D eigenvalue weighted by molar-refractivity contribution is 7.98. The Morgan fingerprint density at radius 3 is 2.48 bits per heavy atom. The van der Waals surface area contributed by atoms with E-state index in [1.54, 1.807) is 17.8 Å². The molecule has 1 aliphatic rings. The van der Waals surface area contributed by atoms with E-state index in [0.29, 0.717) is 5.69 Å². The minimum atomic E-state index is -3.31. The SMILES string of the molecule is CSc1cccc2c1CCc1ccccc1C2=Cc1cccc(NS(C)(=O)=O)c1. The molecule has 0 bridgehead atoms. The van der Waals surface area contributed by atoms with Gasteiger partial charge < -0.3 is 0 Å². The lowest BCUT2D eigenvalue weighted by molar-refractivity contribution is 0.607. The van der Waals surface area contributed by atoms with Crippen LogP contribution in [-0.4, -0.2) is 20.9 Å². The van der Waals surface area contributed by atoms with Crippen LogP contribution in [0.5, 0.6) is 0 Å². The van der Waals surface area contributed by atoms with Gasteiger partial charge in [-0.25, -0.2) is 8.42 Å². The molecule has 1 N–H and O–H groups in total. The fraction of sp³-hybridized carbons (Fsp3) is 0.167. The van der Waals surface area contributed by atoms with Crippen molar-refractivity contribution in [3.63, 3.8) is 0 Å². The smallest absolute Gasteiger partial charge is 0.229 e. The molecule has 4 rings (SSSR count). The second kappa shape index (κ2) is 8.09. The Kier molecular flexibility index (Phi) is 5.52. The average molecular weight is 422 g/mol. The largest absolute Gasteiger partial charge is 0.284 e. The molecular weight excluding hydrogens is 398 g/mol. The topological polar surface area (TPSA) is 46.2 Å². The third-order valence-corrected chi connectivity index (χ3v) is 6.52. The van der Waals surface area contributed by atoms with Gasteiger partial charge >= 0.3 is 0 Å². The van der Waals surface area contributed by atoms with Crippen molar-refractivity contribution in [3.05, 3.63) is 94.5 Å². The van der Waals surface area contributed by atoms with Crippen molar-refractivity contribution in [3.8, 4) is 0 Å². The van der Waals surface area contributed by atoms with E-state index in [2.05, 4.69) is 59.5 Å². The maximum atomic E-state index is 11.6. The first-order valence-corrected chi connectivity index (χ1v) is 12.6. The van der Waals surface area contributed by atoms with Crippen LogP contribution in [0.2, 0.25) is 0 Å². The molecule has 0 unspecified atom stereocenters. The second-order valence-corrected chi connectivity index (χ2v) is 9.80. The van der Waals surface area contributed by atoms with Gasteiger partial charge in [-0.3, -0.25) is 4.72 Å². The Labute approximate surface area is 176 Å². The number of thioether (sulfide) groups is 1. The average Bonchev–Trinajstić information content (AvgIpc) is 2.84. The van der Waals surface area contributed by atoms with Gasteiger partial charge in [-0.15, -0.1) is 11.8 Å². The minimum Gasteiger partial charge on any atom is -0.284 e. The summed E-state index contributed by atoms with van der Waals surface area (Å²) in [5, 5.41) is 0. The molecule has 0 saturated heterocycles. The summed E-state index contributed by atoms with van der Waals surface area (Å²) in [6, 6.07) is 22.6. The number of hydrogen-bond acceptors (Lipinski definition) is 3. The monoisotopic (exact) mass is 421 g/mol. The molecule has 0 amide bonds. The van der Waals surface area contributed by atoms with Crippen LogP contribution in [0.15, 0.2) is 71.6 Å². The van der Waals surface area contributed by atoms with Crippen LogP contribution < -0.4 is 4.72 Å². The number of anilines is 1. The van der Waals surface area contributed by atoms with Gasteiger partial charge in [-0.1, -0.05) is 48.5 Å². The highest BCUT2D eigenvalue weighted by Gasteiger charge is 2.20. The van der Waals surface area contributed by atoms with Crippen molar-refractivity contribution in [1.29, 1.82) is 0 Å². The summed E-state index contributed by atoms with van der Waals surface area (Å²) in [6.45, 7) is 0. The van der Waals surface area contributed by atoms with Gasteiger partial charge in [0.1, 0.15) is 0 Å². The van der Waals surface area contributed by atoms with Crippen molar-refractivity contribution in [2.75, 3.05) is 17.2 Å². The van der Waals surface area contributed by atoms with Crippen LogP contribution in [0.4, 0.5) is 5.69 Å². The zero-order valence-corrected chi connectivity index (χ0v) is 18.1. The number of aryl methyl sites for hydroxylation is 1. The van der Waals surface area contributed by atoms with Crippen LogP contribution in [0.25, 0.3) is 11.6 Å². The standard InChI is InChI=1S/C24H23NO2S2/c1-28-24-12-6-11-21-22(24)14-13-18-8-3-4-10-20(18)23(21)16-17-7-5-9-19(15-17)25-29(2,26)27/h3-12,15-16,25H,13-14H2,1-2H3. The van der Waals surface area contributed by atoms with E-state index in [4.69, 9.17) is 0 Å². The van der Waals surface area contributed by atoms with Crippen LogP contribution in [0.1, 0.15) is 27.8 Å². The van der Waals surface area contributed by atoms with Crippen LogP contribution in [0.3, 0.4) is 0 Å². The van der Waals surface area contributed by atoms with Gasteiger partial charge in [-0.2, -0.15) is 0 Å². The van der Waals surface area contributed by atoms with Crippen LogP contribution in [-0.2, 0) is 22.9 Å². The van der Waals surface area contributed by atoms with Gasteiger partial charge in [0.15, 0.2) is 0 Å². The van der Waals surface area contributed by atoms with E-state index in [9.17, 15) is 8.42 Å². The molecular formula is C24H23NO2S2. The maximum absolute atomic E-state index is 11.6. The van der Waals surface area contributed by atoms with Crippen LogP contribution in [0, 0.1) is 0 Å². The quantitative estimate of drug-likeness (QED) is 0.569. The van der Waals surface area contributed by atoms with E-state index in [1.165, 1.54) is 39.0 Å². The van der Waals surface area contributed by atoms with Gasteiger partial charge in [0.05, 0.1) is 6.26 Å². The molecule has 3 aromatic carbocycles. The Morgan fingerprint density at radius 2 is 1.69 bits per heavy atom. The molecule has 0 aliphatic heterocycles. The van der Waals surface area contributed by atoms with Crippen molar-refractivity contribution >= 4 is 39.1 Å². The van der Waals surface area contributed by atoms with Crippen molar-refractivity contribution in [2.24, 2.45) is 0 Å². The maximum Gasteiger partial charge on any atom is 0.229 e. The zero-order valence-electron chi connectivity index (χ0n) is 16.5. The van der Waals surface area contributed by atoms with E-state index in [1.807, 2.05) is 18.2 Å². The summed E-state index contributed by atoms with van der Waals surface area (Å²) < 4.78 is 25.8. The molecule has 3 nitrogen and oxygen atoms in total. The summed E-state index contributed by atoms with van der Waals surface area (Å²) in [5.74, 6) is 0. The Morgan fingerprint density at radius 1 is 0.931 bits per heavy atom. The summed E-state index contributed by atoms with van der Waals surface area (Å²) in [5.41, 5.74) is 7.93. The molecule has 0 aromatic heterocycles. The lowest BCUT2D eigenvalue weighted by Crippen LogP contribution is -2.09. The van der Waals surface area contributed by atoms with Gasteiger partial charge in [0.25, 0.3) is 0 Å². The second-order valence-electron chi connectivity index (χ2n) is 7.20. The van der Waals surface area contributed by atoms with Gasteiger partial charge in [0, 0.05) is 10.6 Å². The van der Waals surface area contributed by atoms with E-state index < -0.39 is 10.0 Å². The molecule has 148 valence electrons. The lowest BCUT2D eigenvalue weighted by atomic mass is 9.92. The summed E-state index contributed by atoms with van der Waals surface area (Å²) in [4.78, 5) is 1.31. The highest BCUT2D eigenvalue weighted by Crippen LogP contribution is 2.38. The predicted octanol–water partition coefficient (Wildman–Crippen LogP) is 5.47. The normalized spacial score (nSPS) is 14.8. The molecule has 0 heterocycles. The van der Waals surface area contributed by atoms with Gasteiger partial charge in [-0.05, 0) is 76.8 Å². The van der Waals surface area contributed by atoms with Crippen molar-refractivity contribution < 1.29 is 8.42 Å². The molecule has 29 heavy (non-hydrogen) atoms. The summed E-state index contributed by atoms with van der Waals surface area (Å²) in [7, 11) is -3.31. The number of fused-ring (bicyclic) bond motifs is 2. The summed E-state index contributed by atoms with van der Waals surface area (Å²) >= 11 is 1.78. The summed E-state index contributed by atoms with van der Waals surface area (Å²) in [6.07, 6.45) is 7.47. The third-order valence-electron chi connectivity index (χ3n) is 5.10. The fourth-order valence-electron chi connectivity index (χ4n) is 3.90. The number of sulfonamides is 1. The predicted molar refractivity (Wildman–Crippen MR) is 124 cm³/mol. The fourth-order valence-corrected chi connectivity index (χ4v) is 5.13. The van der Waals surface area contributed by atoms with Crippen molar-refractivity contribution in [1.82, 2.24) is 0 Å². The Hall–Kier alpha value is -2.50. The van der Waals surface area contributed by atoms with E-state index in [-0.39, 0.29) is 0 Å². The molecule has 1 aliphatic carbocycles. The minimum absolute atomic E-state index is 0.571. The molecule has 0 spiro atoms. The number of nitrogens with one attached hydrogen (secondary N) is 1. The number of hydrogen-bond donors (Lipinski definition) is 1. The number of rotatable bonds is 4. The molecule has 0 radical (unpaired) electrons. The first-order chi connectivity index (χ1) is 13.9. The third kappa shape index (κ3) is 4.41. The Balaban J connectivity index is 1.90. The zero-order chi connectivity index (χ0) is 20.4. The van der Waals surface area contributed by atoms with E-state index >= 15 is 0 Å². The van der Waals surface area contributed by atoms with E-state index in [0.717, 1.165) is 18.4 Å². The Bertz CT molecular complexity index is 1200. The first kappa shape index (κ1) is 19.8. The molecule has 0 atom stereocenters. The molecule has 0 fully saturated rings. The molecule has 5 heteroatoms. The first-order valence-electron chi connectivity index (χ1n) is 9.49. The molecule has 0 saturated carbocycles. The number of benzene rings is 3. The molecule has 3 aromatic rings. The van der Waals surface area contributed by atoms with Crippen LogP contribution >= 0.6 is 11.8 Å².